The van der Waals surface area contributed by atoms with Gasteiger partial charge in [0.15, 0.2) is 0 Å². The number of hydrogen-bond donors (Lipinski definition) is 6. The predicted molar refractivity (Wildman–Crippen MR) is 77.1 cm³/mol. The van der Waals surface area contributed by atoms with Crippen LogP contribution in [0.25, 0.3) is 10.9 Å². The third-order valence-corrected chi connectivity index (χ3v) is 6.65. The lowest BCUT2D eigenvalue weighted by atomic mass is 10.2. The number of para-hydroxylation sites is 1. The summed E-state index contributed by atoms with van der Waals surface area (Å²) < 4.78 is 22.4. The number of nitrogens with one attached hydrogen (secondary N) is 1. The van der Waals surface area contributed by atoms with Crippen molar-refractivity contribution in [2.24, 2.45) is 0 Å². The lowest BCUT2D eigenvalue weighted by Gasteiger charge is -2.29. The number of aliphatic hydroxyl groups is 1. The van der Waals surface area contributed by atoms with Crippen LogP contribution < -0.4 is 5.32 Å². The van der Waals surface area contributed by atoms with Gasteiger partial charge < -0.3 is 30.0 Å². The molecule has 2 rings (SSSR count). The predicted octanol–water partition coefficient (Wildman–Crippen LogP) is 0.0432. The van der Waals surface area contributed by atoms with Crippen LogP contribution in [0.1, 0.15) is 0 Å². The Balaban J connectivity index is 2.29. The quantitative estimate of drug-likeness (QED) is 0.405. The number of anilines is 1. The Bertz CT molecular complexity index is 765. The molecule has 2 aromatic rings. The average molecular weight is 349 g/mol. The van der Waals surface area contributed by atoms with Gasteiger partial charge in [-0.15, -0.1) is 0 Å². The first-order valence-electron chi connectivity index (χ1n) is 5.84. The molecule has 12 heteroatoms. The molecule has 0 radical (unpaired) electrons. The van der Waals surface area contributed by atoms with E-state index >= 15 is 0 Å². The third kappa shape index (κ3) is 3.18. The van der Waals surface area contributed by atoms with Gasteiger partial charge >= 0.3 is 15.2 Å². The molecule has 0 aliphatic rings. The molecule has 10 nitrogen and oxygen atoms in total. The summed E-state index contributed by atoms with van der Waals surface area (Å²) in [7, 11) is -11.0. The van der Waals surface area contributed by atoms with Gasteiger partial charge in [-0.25, -0.2) is 9.97 Å². The van der Waals surface area contributed by atoms with E-state index in [1.165, 1.54) is 6.20 Å². The van der Waals surface area contributed by atoms with Crippen LogP contribution in [-0.4, -0.2) is 46.3 Å². The number of fused-ring (bicyclic) bond motifs is 1. The summed E-state index contributed by atoms with van der Waals surface area (Å²) in [5.41, 5.74) is 0.510. The number of aromatic nitrogens is 2. The van der Waals surface area contributed by atoms with E-state index in [9.17, 15) is 14.2 Å². The molecular formula is C10H13N3O7P2. The first kappa shape index (κ1) is 17.0. The molecule has 0 atom stereocenters. The molecule has 0 bridgehead atoms. The summed E-state index contributed by atoms with van der Waals surface area (Å²) in [5, 5.41) is 9.09. The van der Waals surface area contributed by atoms with Crippen molar-refractivity contribution in [2.45, 2.75) is 5.08 Å². The summed E-state index contributed by atoms with van der Waals surface area (Å²) >= 11 is 0. The number of hydrogen-bond acceptors (Lipinski definition) is 6. The second-order valence-corrected chi connectivity index (χ2v) is 8.48. The van der Waals surface area contributed by atoms with Crippen LogP contribution in [0.5, 0.6) is 0 Å². The Morgan fingerprint density at radius 1 is 1.09 bits per heavy atom. The molecular weight excluding hydrogens is 336 g/mol. The molecule has 1 aromatic carbocycles. The van der Waals surface area contributed by atoms with Crippen LogP contribution in [-0.2, 0) is 9.13 Å². The van der Waals surface area contributed by atoms with Crippen molar-refractivity contribution in [2.75, 3.05) is 11.9 Å². The lowest BCUT2D eigenvalue weighted by Crippen LogP contribution is -2.37. The monoisotopic (exact) mass is 349 g/mol. The number of rotatable bonds is 5. The molecule has 120 valence electrons. The van der Waals surface area contributed by atoms with Crippen molar-refractivity contribution in [1.29, 1.82) is 0 Å². The van der Waals surface area contributed by atoms with E-state index in [4.69, 9.17) is 19.6 Å². The van der Waals surface area contributed by atoms with Crippen LogP contribution in [0.3, 0.4) is 0 Å². The van der Waals surface area contributed by atoms with E-state index in [1.54, 1.807) is 24.3 Å². The first-order chi connectivity index (χ1) is 10.0. The van der Waals surface area contributed by atoms with Crippen LogP contribution in [0.2, 0.25) is 0 Å². The number of nitrogens with zero attached hydrogens (tertiary/aromatic N) is 2. The highest BCUT2D eigenvalue weighted by Gasteiger charge is 2.59. The van der Waals surface area contributed by atoms with Crippen molar-refractivity contribution in [3.8, 4) is 0 Å². The van der Waals surface area contributed by atoms with Gasteiger partial charge in [-0.05, 0) is 6.07 Å². The molecule has 1 heterocycles. The lowest BCUT2D eigenvalue weighted by molar-refractivity contribution is 0.140. The molecule has 0 unspecified atom stereocenters. The summed E-state index contributed by atoms with van der Waals surface area (Å²) in [5.74, 6) is -0.140. The fraction of sp³-hybridized carbons (Fsp3) is 0.200. The van der Waals surface area contributed by atoms with Crippen LogP contribution >= 0.6 is 15.2 Å². The minimum absolute atomic E-state index is 0.140. The van der Waals surface area contributed by atoms with Gasteiger partial charge in [-0.1, -0.05) is 18.2 Å². The van der Waals surface area contributed by atoms with E-state index in [0.29, 0.717) is 10.9 Å². The molecule has 0 aliphatic heterocycles. The molecule has 0 saturated carbocycles. The van der Waals surface area contributed by atoms with Crippen LogP contribution in [0.15, 0.2) is 30.5 Å². The zero-order chi connectivity index (χ0) is 16.6. The van der Waals surface area contributed by atoms with Gasteiger partial charge in [0.25, 0.3) is 5.08 Å². The Morgan fingerprint density at radius 2 is 1.68 bits per heavy atom. The topological polar surface area (TPSA) is 173 Å². The van der Waals surface area contributed by atoms with Gasteiger partial charge in [-0.2, -0.15) is 0 Å². The maximum Gasteiger partial charge on any atom is 0.371 e. The van der Waals surface area contributed by atoms with Crippen LogP contribution in [0, 0.1) is 0 Å². The summed E-state index contributed by atoms with van der Waals surface area (Å²) in [6.45, 7) is -1.13. The minimum Gasteiger partial charge on any atom is -0.366 e. The second kappa shape index (κ2) is 5.68. The fourth-order valence-electron chi connectivity index (χ4n) is 1.63. The van der Waals surface area contributed by atoms with Gasteiger partial charge in [0, 0.05) is 11.6 Å². The second-order valence-electron chi connectivity index (χ2n) is 4.47. The van der Waals surface area contributed by atoms with Crippen molar-refractivity contribution >= 4 is 32.0 Å². The maximum atomic E-state index is 11.2. The minimum atomic E-state index is -5.52. The molecule has 22 heavy (non-hydrogen) atoms. The average Bonchev–Trinajstić information content (AvgIpc) is 2.42. The van der Waals surface area contributed by atoms with Crippen molar-refractivity contribution in [1.82, 2.24) is 9.97 Å². The summed E-state index contributed by atoms with van der Waals surface area (Å²) in [6.07, 6.45) is 1.42. The van der Waals surface area contributed by atoms with E-state index < -0.39 is 26.8 Å². The van der Waals surface area contributed by atoms with E-state index in [1.807, 2.05) is 0 Å². The highest BCUT2D eigenvalue weighted by atomic mass is 31.2. The Hall–Kier alpha value is -1.38. The summed E-state index contributed by atoms with van der Waals surface area (Å²) in [4.78, 5) is 43.9. The molecule has 0 saturated heterocycles. The van der Waals surface area contributed by atoms with Crippen molar-refractivity contribution in [3.05, 3.63) is 30.5 Å². The van der Waals surface area contributed by atoms with Crippen molar-refractivity contribution in [3.63, 3.8) is 0 Å². The zero-order valence-corrected chi connectivity index (χ0v) is 12.7. The molecule has 1 aromatic heterocycles. The van der Waals surface area contributed by atoms with Gasteiger partial charge in [0.2, 0.25) is 5.95 Å². The van der Waals surface area contributed by atoms with E-state index in [-0.39, 0.29) is 5.95 Å². The Morgan fingerprint density at radius 3 is 2.27 bits per heavy atom. The van der Waals surface area contributed by atoms with Gasteiger partial charge in [0.1, 0.15) is 0 Å². The molecule has 0 aliphatic carbocycles. The number of benzene rings is 1. The Labute approximate surface area is 124 Å². The molecule has 6 N–H and O–H groups in total. The SMILES string of the molecule is O=P(O)(O)C(O)(CNc1ncc2ccccc2n1)P(=O)(O)O. The molecule has 0 spiro atoms. The van der Waals surface area contributed by atoms with E-state index in [0.717, 1.165) is 0 Å². The maximum absolute atomic E-state index is 11.2. The smallest absolute Gasteiger partial charge is 0.366 e. The highest BCUT2D eigenvalue weighted by molar-refractivity contribution is 7.72. The largest absolute Gasteiger partial charge is 0.371 e. The first-order valence-corrected chi connectivity index (χ1v) is 9.06. The normalized spacial score (nSPS) is 13.3. The third-order valence-electron chi connectivity index (χ3n) is 2.91. The standard InChI is InChI=1S/C10H13N3O7P2/c14-10(21(15,16)17,22(18,19)20)6-12-9-11-5-7-3-1-2-4-8(7)13-9/h1-5,14H,6H2,(H,11,12,13)(H2,15,16,17)(H2,18,19,20). The fourth-order valence-corrected chi connectivity index (χ4v) is 3.56. The Kier molecular flexibility index (Phi) is 4.38. The van der Waals surface area contributed by atoms with Crippen LogP contribution in [0.4, 0.5) is 5.95 Å². The molecule has 0 amide bonds. The van der Waals surface area contributed by atoms with Gasteiger partial charge in [0.05, 0.1) is 12.1 Å². The molecule has 0 fully saturated rings. The van der Waals surface area contributed by atoms with E-state index in [2.05, 4.69) is 15.3 Å². The zero-order valence-electron chi connectivity index (χ0n) is 10.9. The summed E-state index contributed by atoms with van der Waals surface area (Å²) in [6, 6.07) is 6.86. The van der Waals surface area contributed by atoms with Gasteiger partial charge in [-0.3, -0.25) is 9.13 Å². The van der Waals surface area contributed by atoms with Crippen molar-refractivity contribution < 1.29 is 33.8 Å². The highest BCUT2D eigenvalue weighted by Crippen LogP contribution is 2.67.